The number of carbonyl (C=O) groups is 2. The molecule has 1 amide bonds. The molecule has 1 aliphatic carbocycles. The summed E-state index contributed by atoms with van der Waals surface area (Å²) in [5.74, 6) is -0.511. The maximum Gasteiger partial charge on any atom is 0.407 e. The van der Waals surface area contributed by atoms with Gasteiger partial charge in [-0.15, -0.1) is 5.48 Å². The highest BCUT2D eigenvalue weighted by Crippen LogP contribution is 2.47. The summed E-state index contributed by atoms with van der Waals surface area (Å²) in [6, 6.07) is 0.0550. The van der Waals surface area contributed by atoms with Gasteiger partial charge in [-0.05, 0) is 43.4 Å². The van der Waals surface area contributed by atoms with Crippen LogP contribution in [0.25, 0.3) is 0 Å². The van der Waals surface area contributed by atoms with Gasteiger partial charge in [-0.3, -0.25) is 0 Å². The second-order valence-electron chi connectivity index (χ2n) is 9.11. The fourth-order valence-corrected chi connectivity index (χ4v) is 3.92. The van der Waals surface area contributed by atoms with Crippen LogP contribution in [0.5, 0.6) is 0 Å². The first-order chi connectivity index (χ1) is 12.5. The van der Waals surface area contributed by atoms with Gasteiger partial charge in [0, 0.05) is 30.7 Å². The Balaban J connectivity index is 2.50. The van der Waals surface area contributed by atoms with Gasteiger partial charge < -0.3 is 20.0 Å². The van der Waals surface area contributed by atoms with Crippen LogP contribution in [0.1, 0.15) is 60.3 Å². The number of aliphatic hydroxyl groups is 1. The summed E-state index contributed by atoms with van der Waals surface area (Å²) in [6.07, 6.45) is 3.11. The summed E-state index contributed by atoms with van der Waals surface area (Å²) in [5.41, 5.74) is 3.36. The Kier molecular flexibility index (Phi) is 8.75. The Hall–Kier alpha value is -1.60. The zero-order valence-electron chi connectivity index (χ0n) is 17.4. The summed E-state index contributed by atoms with van der Waals surface area (Å²) in [5, 5.41) is 11.7. The average Bonchev–Trinajstić information content (AvgIpc) is 2.55. The van der Waals surface area contributed by atoms with E-state index in [4.69, 9.17) is 14.7 Å². The molecule has 1 fully saturated rings. The third kappa shape index (κ3) is 8.75. The molecule has 0 saturated heterocycles. The first-order valence-electron chi connectivity index (χ1n) is 9.60. The number of hydroxylamine groups is 1. The molecule has 1 rings (SSSR count). The first kappa shape index (κ1) is 23.4. The highest BCUT2D eigenvalue weighted by Gasteiger charge is 2.41. The van der Waals surface area contributed by atoms with Gasteiger partial charge in [0.15, 0.2) is 0 Å². The lowest BCUT2D eigenvalue weighted by Crippen LogP contribution is -2.46. The van der Waals surface area contributed by atoms with Crippen LogP contribution in [0.4, 0.5) is 4.79 Å². The second-order valence-corrected chi connectivity index (χ2v) is 9.11. The lowest BCUT2D eigenvalue weighted by Gasteiger charge is -2.46. The smallest absolute Gasteiger partial charge is 0.407 e. The van der Waals surface area contributed by atoms with E-state index in [9.17, 15) is 9.59 Å². The first-order valence-corrected chi connectivity index (χ1v) is 9.60. The van der Waals surface area contributed by atoms with Crippen molar-refractivity contribution in [1.29, 1.82) is 0 Å². The normalized spacial score (nSPS) is 25.3. The number of aliphatic hydroxyl groups excluding tert-OH is 1. The summed E-state index contributed by atoms with van der Waals surface area (Å²) in [7, 11) is 0. The molecule has 7 nitrogen and oxygen atoms in total. The maximum absolute atomic E-state index is 11.7. The molecule has 0 heterocycles. The second kappa shape index (κ2) is 10.1. The topological polar surface area (TPSA) is 96.9 Å². The van der Waals surface area contributed by atoms with Gasteiger partial charge in [0.1, 0.15) is 0 Å². The average molecular weight is 385 g/mol. The van der Waals surface area contributed by atoms with Crippen molar-refractivity contribution in [3.8, 4) is 0 Å². The van der Waals surface area contributed by atoms with Crippen LogP contribution in [0.15, 0.2) is 12.2 Å². The van der Waals surface area contributed by atoms with E-state index >= 15 is 0 Å². The Labute approximate surface area is 162 Å². The van der Waals surface area contributed by atoms with Crippen molar-refractivity contribution < 1.29 is 24.3 Å². The molecule has 0 bridgehead atoms. The molecule has 1 aliphatic rings. The van der Waals surface area contributed by atoms with Crippen LogP contribution >= 0.6 is 0 Å². The lowest BCUT2D eigenvalue weighted by atomic mass is 9.61. The fraction of sp³-hybridized carbons (Fsp3) is 0.800. The molecule has 0 aliphatic heterocycles. The van der Waals surface area contributed by atoms with E-state index in [0.29, 0.717) is 12.1 Å². The fourth-order valence-electron chi connectivity index (χ4n) is 3.92. The molecule has 27 heavy (non-hydrogen) atoms. The molecule has 3 atom stereocenters. The summed E-state index contributed by atoms with van der Waals surface area (Å²) in [4.78, 5) is 28.5. The van der Waals surface area contributed by atoms with Gasteiger partial charge in [-0.2, -0.15) is 0 Å². The number of carbonyl (C=O) groups excluding carboxylic acids is 2. The van der Waals surface area contributed by atoms with Crippen LogP contribution in [-0.4, -0.2) is 43.0 Å². The van der Waals surface area contributed by atoms with Crippen LogP contribution in [-0.2, 0) is 14.4 Å². The standard InChI is InChI=1S/C20H36N2O5/c1-14(2)17(24)27-22-16-9-19(4,5)13-20(6,10-16)7-8-21-18(25)26-12-15(3)11-23/h15-16,22-23H,1,7-13H2,2-6H3,(H,21,25). The van der Waals surface area contributed by atoms with E-state index in [1.165, 1.54) is 0 Å². The lowest BCUT2D eigenvalue weighted by molar-refractivity contribution is -0.150. The largest absolute Gasteiger partial charge is 0.449 e. The summed E-state index contributed by atoms with van der Waals surface area (Å²) >= 11 is 0. The van der Waals surface area contributed by atoms with Crippen LogP contribution < -0.4 is 10.8 Å². The van der Waals surface area contributed by atoms with Crippen molar-refractivity contribution in [2.75, 3.05) is 19.8 Å². The maximum atomic E-state index is 11.7. The SMILES string of the molecule is C=C(C)C(=O)ONC1CC(C)(C)CC(C)(CCNC(=O)OCC(C)CO)C1. The molecule has 0 aromatic heterocycles. The number of nitrogens with one attached hydrogen (secondary N) is 2. The van der Waals surface area contributed by atoms with Crippen molar-refractivity contribution in [3.63, 3.8) is 0 Å². The Morgan fingerprint density at radius 2 is 1.96 bits per heavy atom. The number of ether oxygens (including phenoxy) is 1. The zero-order chi connectivity index (χ0) is 20.7. The minimum absolute atomic E-state index is 0.000712. The Bertz CT molecular complexity index is 534. The predicted octanol–water partition coefficient (Wildman–Crippen LogP) is 2.94. The van der Waals surface area contributed by atoms with Gasteiger partial charge in [0.25, 0.3) is 0 Å². The number of alkyl carbamates (subject to hydrolysis) is 1. The summed E-state index contributed by atoms with van der Waals surface area (Å²) < 4.78 is 5.08. The Morgan fingerprint density at radius 1 is 1.30 bits per heavy atom. The van der Waals surface area contributed by atoms with E-state index in [-0.39, 0.29) is 36.0 Å². The van der Waals surface area contributed by atoms with E-state index < -0.39 is 12.1 Å². The number of hydrogen-bond donors (Lipinski definition) is 3. The highest BCUT2D eigenvalue weighted by molar-refractivity contribution is 5.86. The van der Waals surface area contributed by atoms with Crippen molar-refractivity contribution in [1.82, 2.24) is 10.8 Å². The zero-order valence-corrected chi connectivity index (χ0v) is 17.4. The van der Waals surface area contributed by atoms with Crippen molar-refractivity contribution >= 4 is 12.1 Å². The molecule has 0 aromatic rings. The molecule has 0 spiro atoms. The molecular weight excluding hydrogens is 348 g/mol. The van der Waals surface area contributed by atoms with Crippen LogP contribution in [0.3, 0.4) is 0 Å². The van der Waals surface area contributed by atoms with Crippen molar-refractivity contribution in [2.45, 2.75) is 66.3 Å². The highest BCUT2D eigenvalue weighted by atomic mass is 16.7. The molecule has 1 saturated carbocycles. The quantitative estimate of drug-likeness (QED) is 0.418. The van der Waals surface area contributed by atoms with Crippen LogP contribution in [0, 0.1) is 16.7 Å². The van der Waals surface area contributed by atoms with E-state index in [0.717, 1.165) is 25.7 Å². The van der Waals surface area contributed by atoms with E-state index in [2.05, 4.69) is 38.1 Å². The summed E-state index contributed by atoms with van der Waals surface area (Å²) in [6.45, 7) is 14.3. The van der Waals surface area contributed by atoms with E-state index in [1.54, 1.807) is 6.92 Å². The minimum atomic E-state index is -0.459. The van der Waals surface area contributed by atoms with Crippen LogP contribution in [0.2, 0.25) is 0 Å². The molecule has 3 N–H and O–H groups in total. The van der Waals surface area contributed by atoms with Gasteiger partial charge in [0.05, 0.1) is 6.61 Å². The number of amides is 1. The predicted molar refractivity (Wildman–Crippen MR) is 104 cm³/mol. The van der Waals surface area contributed by atoms with Crippen molar-refractivity contribution in [3.05, 3.63) is 12.2 Å². The minimum Gasteiger partial charge on any atom is -0.449 e. The van der Waals surface area contributed by atoms with E-state index in [1.807, 2.05) is 6.92 Å². The Morgan fingerprint density at radius 3 is 2.56 bits per heavy atom. The molecule has 7 heteroatoms. The molecular formula is C20H36N2O5. The number of hydrogen-bond acceptors (Lipinski definition) is 6. The van der Waals surface area contributed by atoms with Crippen molar-refractivity contribution in [2.24, 2.45) is 16.7 Å². The number of rotatable bonds is 9. The van der Waals surface area contributed by atoms with Gasteiger partial charge in [0.2, 0.25) is 0 Å². The monoisotopic (exact) mass is 384 g/mol. The molecule has 3 unspecified atom stereocenters. The van der Waals surface area contributed by atoms with Gasteiger partial charge in [-0.25, -0.2) is 9.59 Å². The molecule has 156 valence electrons. The third-order valence-electron chi connectivity index (χ3n) is 4.92. The molecule has 0 aromatic carbocycles. The van der Waals surface area contributed by atoms with Gasteiger partial charge >= 0.3 is 12.1 Å². The molecule has 0 radical (unpaired) electrons. The van der Waals surface area contributed by atoms with Gasteiger partial charge in [-0.1, -0.05) is 34.3 Å². The third-order valence-corrected chi connectivity index (χ3v) is 4.92.